The molecule has 1 N–H and O–H groups in total. The zero-order chi connectivity index (χ0) is 33.3. The fourth-order valence-electron chi connectivity index (χ4n) is 8.44. The van der Waals surface area contributed by atoms with Gasteiger partial charge in [0.25, 0.3) is 5.91 Å². The zero-order valence-electron chi connectivity index (χ0n) is 27.9. The molecule has 0 saturated carbocycles. The van der Waals surface area contributed by atoms with Gasteiger partial charge in [-0.25, -0.2) is 0 Å². The molecule has 3 heterocycles. The average Bonchev–Trinajstić information content (AvgIpc) is 3.62. The first-order chi connectivity index (χ1) is 22.0. The fraction of sp³-hybridized carbons (Fsp3) is 0.500. The highest BCUT2D eigenvalue weighted by Gasteiger charge is 2.77. The lowest BCUT2D eigenvalue weighted by molar-refractivity contribution is -0.146. The van der Waals surface area contributed by atoms with Gasteiger partial charge in [0.1, 0.15) is 6.04 Å². The first kappa shape index (κ1) is 34.0. The maximum atomic E-state index is 15.2. The van der Waals surface area contributed by atoms with Crippen molar-refractivity contribution in [1.82, 2.24) is 9.80 Å². The molecule has 7 atom stereocenters. The van der Waals surface area contributed by atoms with Crippen molar-refractivity contribution in [2.24, 2.45) is 23.7 Å². The average molecular weight is 644 g/mol. The van der Waals surface area contributed by atoms with E-state index < -0.39 is 28.7 Å². The molecule has 3 saturated heterocycles. The molecule has 246 valence electrons. The standard InChI is InChI=1S/C38H49N3O4S/c1-8-18-39(22-28-16-11-10-12-17-28)35(43)31-30-21-27(7)38(46-30)32(31)36(44)41(29(23-42)20-24(3)4)34(38)37(45)40(19-9-2)33-25(5)14-13-15-26(33)6/h8-17,24,27,29-32,34,42H,1-2,18-23H2,3-7H3/t27?,29-,30+,31-,32+,34?,38?/m1/s1. The third-order valence-electron chi connectivity index (χ3n) is 10.2. The van der Waals surface area contributed by atoms with Gasteiger partial charge in [-0.3, -0.25) is 14.4 Å². The highest BCUT2D eigenvalue weighted by atomic mass is 32.2. The van der Waals surface area contributed by atoms with Crippen LogP contribution in [0, 0.1) is 37.5 Å². The number of rotatable bonds is 13. The van der Waals surface area contributed by atoms with Crippen molar-refractivity contribution in [2.75, 3.05) is 24.6 Å². The first-order valence-electron chi connectivity index (χ1n) is 16.5. The molecule has 3 fully saturated rings. The lowest BCUT2D eigenvalue weighted by Gasteiger charge is -2.42. The SMILES string of the molecule is C=CCN(Cc1ccccc1)C(=O)[C@@H]1[C@@H]2CC(C)C3(S2)C(C(=O)N(CC=C)c2c(C)cccc2C)N([C@@H](CO)CC(C)C)C(=O)[C@H]13. The molecule has 2 aromatic rings. The number of fused-ring (bicyclic) bond motifs is 1. The monoisotopic (exact) mass is 643 g/mol. The molecule has 3 aliphatic rings. The van der Waals surface area contributed by atoms with Gasteiger partial charge >= 0.3 is 0 Å². The van der Waals surface area contributed by atoms with Gasteiger partial charge in [0, 0.05) is 30.6 Å². The summed E-state index contributed by atoms with van der Waals surface area (Å²) in [6.45, 7) is 19.0. The minimum absolute atomic E-state index is 0.0170. The Labute approximate surface area is 278 Å². The smallest absolute Gasteiger partial charge is 0.251 e. The molecule has 2 aromatic carbocycles. The van der Waals surface area contributed by atoms with Crippen LogP contribution in [0.5, 0.6) is 0 Å². The quantitative estimate of drug-likeness (QED) is 0.280. The van der Waals surface area contributed by atoms with E-state index in [1.165, 1.54) is 0 Å². The van der Waals surface area contributed by atoms with Crippen LogP contribution >= 0.6 is 11.8 Å². The first-order valence-corrected chi connectivity index (χ1v) is 17.4. The number of carbonyl (C=O) groups is 3. The maximum Gasteiger partial charge on any atom is 0.251 e. The number of hydrogen-bond acceptors (Lipinski definition) is 5. The van der Waals surface area contributed by atoms with E-state index in [0.717, 1.165) is 28.8 Å². The zero-order valence-corrected chi connectivity index (χ0v) is 28.7. The lowest BCUT2D eigenvalue weighted by atomic mass is 9.65. The Balaban J connectivity index is 1.63. The fourth-order valence-corrected chi connectivity index (χ4v) is 10.8. The summed E-state index contributed by atoms with van der Waals surface area (Å²) < 4.78 is -0.799. The van der Waals surface area contributed by atoms with Crippen molar-refractivity contribution in [2.45, 2.75) is 76.1 Å². The molecule has 3 unspecified atom stereocenters. The van der Waals surface area contributed by atoms with Gasteiger partial charge in [0.15, 0.2) is 0 Å². The number of hydrogen-bond donors (Lipinski definition) is 1. The second kappa shape index (κ2) is 13.8. The number of nitrogens with zero attached hydrogens (tertiary/aromatic N) is 3. The van der Waals surface area contributed by atoms with E-state index in [9.17, 15) is 14.7 Å². The highest BCUT2D eigenvalue weighted by Crippen LogP contribution is 2.69. The van der Waals surface area contributed by atoms with Crippen LogP contribution in [0.15, 0.2) is 73.8 Å². The van der Waals surface area contributed by atoms with Gasteiger partial charge in [0.05, 0.1) is 29.2 Å². The second-order valence-corrected chi connectivity index (χ2v) is 15.3. The van der Waals surface area contributed by atoms with Crippen LogP contribution < -0.4 is 4.90 Å². The van der Waals surface area contributed by atoms with Crippen LogP contribution in [0.3, 0.4) is 0 Å². The van der Waals surface area contributed by atoms with Crippen molar-refractivity contribution in [3.05, 3.63) is 90.5 Å². The molecule has 8 heteroatoms. The topological polar surface area (TPSA) is 81.2 Å². The Bertz CT molecular complexity index is 1460. The van der Waals surface area contributed by atoms with E-state index in [4.69, 9.17) is 0 Å². The minimum Gasteiger partial charge on any atom is -0.394 e. The summed E-state index contributed by atoms with van der Waals surface area (Å²) in [6.07, 6.45) is 4.76. The molecule has 0 radical (unpaired) electrons. The molecular weight excluding hydrogens is 595 g/mol. The molecule has 3 aliphatic heterocycles. The Hall–Kier alpha value is -3.36. The van der Waals surface area contributed by atoms with Gasteiger partial charge in [-0.1, -0.05) is 81.5 Å². The van der Waals surface area contributed by atoms with Crippen molar-refractivity contribution in [3.8, 4) is 0 Å². The number of aryl methyl sites for hydroxylation is 2. The van der Waals surface area contributed by atoms with Crippen molar-refractivity contribution in [3.63, 3.8) is 0 Å². The van der Waals surface area contributed by atoms with Crippen LogP contribution in [0.2, 0.25) is 0 Å². The van der Waals surface area contributed by atoms with E-state index in [0.29, 0.717) is 19.5 Å². The Morgan fingerprint density at radius 1 is 1.04 bits per heavy atom. The van der Waals surface area contributed by atoms with Gasteiger partial charge in [0.2, 0.25) is 11.8 Å². The highest BCUT2D eigenvalue weighted by molar-refractivity contribution is 8.02. The molecule has 1 spiro atoms. The number of aliphatic hydroxyl groups excluding tert-OH is 1. The number of para-hydroxylation sites is 1. The largest absolute Gasteiger partial charge is 0.394 e. The van der Waals surface area contributed by atoms with Gasteiger partial charge < -0.3 is 19.8 Å². The molecule has 0 aromatic heterocycles. The number of aliphatic hydroxyl groups is 1. The Kier molecular flexibility index (Phi) is 10.2. The molecule has 2 bridgehead atoms. The van der Waals surface area contributed by atoms with Crippen LogP contribution in [-0.2, 0) is 20.9 Å². The van der Waals surface area contributed by atoms with Crippen LogP contribution in [-0.4, -0.2) is 74.4 Å². The van der Waals surface area contributed by atoms with Gasteiger partial charge in [-0.15, -0.1) is 24.9 Å². The third kappa shape index (κ3) is 5.72. The number of anilines is 1. The normalized spacial score (nSPS) is 27.1. The number of benzene rings is 2. The summed E-state index contributed by atoms with van der Waals surface area (Å²) >= 11 is 1.67. The molecule has 0 aliphatic carbocycles. The van der Waals surface area contributed by atoms with Crippen molar-refractivity contribution < 1.29 is 19.5 Å². The molecule has 5 rings (SSSR count). The molecule has 46 heavy (non-hydrogen) atoms. The Morgan fingerprint density at radius 3 is 2.28 bits per heavy atom. The summed E-state index contributed by atoms with van der Waals surface area (Å²) in [5.74, 6) is -1.45. The summed E-state index contributed by atoms with van der Waals surface area (Å²) in [6, 6.07) is 14.5. The van der Waals surface area contributed by atoms with E-state index in [1.54, 1.807) is 38.6 Å². The number of carbonyl (C=O) groups excluding carboxylic acids is 3. The summed E-state index contributed by atoms with van der Waals surface area (Å²) in [5.41, 5.74) is 3.76. The van der Waals surface area contributed by atoms with Gasteiger partial charge in [-0.2, -0.15) is 0 Å². The predicted molar refractivity (Wildman–Crippen MR) is 186 cm³/mol. The van der Waals surface area contributed by atoms with Crippen molar-refractivity contribution >= 4 is 35.2 Å². The number of thioether (sulfide) groups is 1. The molecule has 7 nitrogen and oxygen atoms in total. The van der Waals surface area contributed by atoms with Crippen LogP contribution in [0.1, 0.15) is 50.3 Å². The molecular formula is C38H49N3O4S. The lowest BCUT2D eigenvalue weighted by Crippen LogP contribution is -2.59. The molecule has 3 amide bonds. The number of likely N-dealkylation sites (tertiary alicyclic amines) is 1. The Morgan fingerprint density at radius 2 is 1.70 bits per heavy atom. The predicted octanol–water partition coefficient (Wildman–Crippen LogP) is 5.78. The maximum absolute atomic E-state index is 15.2. The summed E-state index contributed by atoms with van der Waals surface area (Å²) in [4.78, 5) is 50.0. The van der Waals surface area contributed by atoms with E-state index in [-0.39, 0.29) is 48.0 Å². The van der Waals surface area contributed by atoms with E-state index in [2.05, 4.69) is 33.9 Å². The summed E-state index contributed by atoms with van der Waals surface area (Å²) in [5, 5.41) is 10.7. The van der Waals surface area contributed by atoms with Crippen LogP contribution in [0.25, 0.3) is 0 Å². The van der Waals surface area contributed by atoms with Crippen LogP contribution in [0.4, 0.5) is 5.69 Å². The van der Waals surface area contributed by atoms with Gasteiger partial charge in [-0.05, 0) is 55.2 Å². The second-order valence-electron chi connectivity index (χ2n) is 13.7. The third-order valence-corrected chi connectivity index (χ3v) is 12.3. The van der Waals surface area contributed by atoms with E-state index >= 15 is 4.79 Å². The summed E-state index contributed by atoms with van der Waals surface area (Å²) in [7, 11) is 0. The minimum atomic E-state index is -0.829. The van der Waals surface area contributed by atoms with Crippen molar-refractivity contribution in [1.29, 1.82) is 0 Å². The van der Waals surface area contributed by atoms with E-state index in [1.807, 2.05) is 62.4 Å². The number of amides is 3.